The normalized spacial score (nSPS) is 10.5. The van der Waals surface area contributed by atoms with Crippen LogP contribution in [0, 0.1) is 0 Å². The predicted octanol–water partition coefficient (Wildman–Crippen LogP) is 3.50. The van der Waals surface area contributed by atoms with Gasteiger partial charge >= 0.3 is 0 Å². The van der Waals surface area contributed by atoms with Gasteiger partial charge in [-0.05, 0) is 12.1 Å². The first-order valence-electron chi connectivity index (χ1n) is 4.11. The molecule has 0 aliphatic carbocycles. The third kappa shape index (κ3) is 1.83. The average molecular weight is 272 g/mol. The fraction of sp³-hybridized carbons (Fsp3) is 0.100. The summed E-state index contributed by atoms with van der Waals surface area (Å²) < 4.78 is 2.74. The number of rotatable bonds is 1. The molecule has 0 atom stereocenters. The van der Waals surface area contributed by atoms with Gasteiger partial charge in [0.2, 0.25) is 0 Å². The SMILES string of the molecule is Cn1cc(-c2ccc(Br)cc2Cl)cn1. The second-order valence-corrected chi connectivity index (χ2v) is 4.35. The number of aromatic nitrogens is 2. The lowest BCUT2D eigenvalue weighted by molar-refractivity contribution is 0.768. The van der Waals surface area contributed by atoms with Crippen molar-refractivity contribution in [2.45, 2.75) is 0 Å². The zero-order valence-electron chi connectivity index (χ0n) is 7.54. The van der Waals surface area contributed by atoms with Gasteiger partial charge in [0.15, 0.2) is 0 Å². The van der Waals surface area contributed by atoms with E-state index in [0.717, 1.165) is 20.6 Å². The largest absolute Gasteiger partial charge is 0.275 e. The molecule has 0 saturated heterocycles. The Morgan fingerprint density at radius 2 is 2.21 bits per heavy atom. The highest BCUT2D eigenvalue weighted by Crippen LogP contribution is 2.29. The predicted molar refractivity (Wildman–Crippen MR) is 61.4 cm³/mol. The molecule has 0 spiro atoms. The molecule has 0 aliphatic rings. The van der Waals surface area contributed by atoms with Crippen LogP contribution in [0.3, 0.4) is 0 Å². The van der Waals surface area contributed by atoms with Crippen LogP contribution in [0.4, 0.5) is 0 Å². The van der Waals surface area contributed by atoms with Gasteiger partial charge in [0.1, 0.15) is 0 Å². The van der Waals surface area contributed by atoms with Crippen LogP contribution in [0.1, 0.15) is 0 Å². The molecule has 1 aromatic heterocycles. The van der Waals surface area contributed by atoms with Gasteiger partial charge in [-0.15, -0.1) is 0 Å². The summed E-state index contributed by atoms with van der Waals surface area (Å²) in [6, 6.07) is 5.82. The first-order chi connectivity index (χ1) is 6.66. The summed E-state index contributed by atoms with van der Waals surface area (Å²) >= 11 is 9.48. The van der Waals surface area contributed by atoms with E-state index in [9.17, 15) is 0 Å². The zero-order chi connectivity index (χ0) is 10.1. The summed E-state index contributed by atoms with van der Waals surface area (Å²) in [6.07, 6.45) is 3.74. The van der Waals surface area contributed by atoms with Crippen LogP contribution in [0.2, 0.25) is 5.02 Å². The zero-order valence-corrected chi connectivity index (χ0v) is 9.88. The summed E-state index contributed by atoms with van der Waals surface area (Å²) in [4.78, 5) is 0. The lowest BCUT2D eigenvalue weighted by atomic mass is 10.1. The highest BCUT2D eigenvalue weighted by atomic mass is 79.9. The second-order valence-electron chi connectivity index (χ2n) is 3.03. The van der Waals surface area contributed by atoms with E-state index in [2.05, 4.69) is 21.0 Å². The Bertz CT molecular complexity index is 465. The van der Waals surface area contributed by atoms with E-state index < -0.39 is 0 Å². The average Bonchev–Trinajstić information content (AvgIpc) is 2.51. The molecule has 2 nitrogen and oxygen atoms in total. The van der Waals surface area contributed by atoms with Crippen molar-refractivity contribution < 1.29 is 0 Å². The number of hydrogen-bond acceptors (Lipinski definition) is 1. The number of aryl methyl sites for hydroxylation is 1. The topological polar surface area (TPSA) is 17.8 Å². The van der Waals surface area contributed by atoms with Gasteiger partial charge in [0.25, 0.3) is 0 Å². The van der Waals surface area contributed by atoms with Gasteiger partial charge in [0.05, 0.1) is 6.20 Å². The van der Waals surface area contributed by atoms with E-state index in [0.29, 0.717) is 0 Å². The molecule has 0 unspecified atom stereocenters. The third-order valence-corrected chi connectivity index (χ3v) is 2.75. The van der Waals surface area contributed by atoms with Crippen LogP contribution < -0.4 is 0 Å². The molecule has 0 bridgehead atoms. The quantitative estimate of drug-likeness (QED) is 0.776. The van der Waals surface area contributed by atoms with Crippen molar-refractivity contribution >= 4 is 27.5 Å². The Labute approximate surface area is 95.6 Å². The Morgan fingerprint density at radius 3 is 2.79 bits per heavy atom. The van der Waals surface area contributed by atoms with Crippen molar-refractivity contribution in [3.8, 4) is 11.1 Å². The summed E-state index contributed by atoms with van der Waals surface area (Å²) in [7, 11) is 1.89. The van der Waals surface area contributed by atoms with Crippen LogP contribution >= 0.6 is 27.5 Å². The molecule has 0 N–H and O–H groups in total. The number of benzene rings is 1. The monoisotopic (exact) mass is 270 g/mol. The lowest BCUT2D eigenvalue weighted by Gasteiger charge is -2.00. The van der Waals surface area contributed by atoms with Crippen LogP contribution in [0.15, 0.2) is 35.1 Å². The van der Waals surface area contributed by atoms with Crippen molar-refractivity contribution in [3.05, 3.63) is 40.1 Å². The van der Waals surface area contributed by atoms with Crippen molar-refractivity contribution in [1.82, 2.24) is 9.78 Å². The van der Waals surface area contributed by atoms with Gasteiger partial charge in [-0.2, -0.15) is 5.10 Å². The molecule has 1 aromatic carbocycles. The first kappa shape index (κ1) is 9.74. The molecule has 14 heavy (non-hydrogen) atoms. The molecular weight excluding hydrogens is 263 g/mol. The molecule has 72 valence electrons. The summed E-state index contributed by atoms with van der Waals surface area (Å²) in [6.45, 7) is 0. The third-order valence-electron chi connectivity index (χ3n) is 1.95. The smallest absolute Gasteiger partial charge is 0.0568 e. The van der Waals surface area contributed by atoms with Crippen LogP contribution in [0.5, 0.6) is 0 Å². The van der Waals surface area contributed by atoms with Crippen molar-refractivity contribution in [2.24, 2.45) is 7.05 Å². The summed E-state index contributed by atoms with van der Waals surface area (Å²) in [5, 5.41) is 4.83. The Kier molecular flexibility index (Phi) is 2.61. The minimum Gasteiger partial charge on any atom is -0.275 e. The lowest BCUT2D eigenvalue weighted by Crippen LogP contribution is -1.84. The Hall–Kier alpha value is -0.800. The van der Waals surface area contributed by atoms with E-state index in [1.807, 2.05) is 31.4 Å². The highest BCUT2D eigenvalue weighted by molar-refractivity contribution is 9.10. The molecule has 0 saturated carbocycles. The maximum atomic E-state index is 6.11. The molecule has 0 fully saturated rings. The maximum absolute atomic E-state index is 6.11. The van der Waals surface area contributed by atoms with E-state index >= 15 is 0 Å². The Morgan fingerprint density at radius 1 is 1.43 bits per heavy atom. The minimum absolute atomic E-state index is 0.729. The summed E-state index contributed by atoms with van der Waals surface area (Å²) in [5.74, 6) is 0. The van der Waals surface area contributed by atoms with Gasteiger partial charge in [-0.3, -0.25) is 4.68 Å². The van der Waals surface area contributed by atoms with Gasteiger partial charge in [-0.1, -0.05) is 33.6 Å². The number of halogens is 2. The molecule has 1 heterocycles. The Balaban J connectivity index is 2.52. The molecule has 0 radical (unpaired) electrons. The van der Waals surface area contributed by atoms with Crippen molar-refractivity contribution in [2.75, 3.05) is 0 Å². The summed E-state index contributed by atoms with van der Waals surface area (Å²) in [5.41, 5.74) is 2.04. The van der Waals surface area contributed by atoms with Crippen molar-refractivity contribution in [1.29, 1.82) is 0 Å². The molecule has 0 aliphatic heterocycles. The fourth-order valence-corrected chi connectivity index (χ4v) is 2.07. The number of nitrogens with zero attached hydrogens (tertiary/aromatic N) is 2. The maximum Gasteiger partial charge on any atom is 0.0568 e. The molecule has 4 heteroatoms. The molecule has 2 rings (SSSR count). The van der Waals surface area contributed by atoms with Crippen molar-refractivity contribution in [3.63, 3.8) is 0 Å². The fourth-order valence-electron chi connectivity index (χ4n) is 1.28. The van der Waals surface area contributed by atoms with E-state index in [-0.39, 0.29) is 0 Å². The standard InChI is InChI=1S/C10H8BrClN2/c1-14-6-7(5-13-14)9-3-2-8(11)4-10(9)12/h2-6H,1H3. The van der Waals surface area contributed by atoms with Crippen LogP contribution in [0.25, 0.3) is 11.1 Å². The molecule has 2 aromatic rings. The first-order valence-corrected chi connectivity index (χ1v) is 5.28. The molecular formula is C10H8BrClN2. The van der Waals surface area contributed by atoms with Gasteiger partial charge in [-0.25, -0.2) is 0 Å². The minimum atomic E-state index is 0.729. The van der Waals surface area contributed by atoms with Crippen LogP contribution in [-0.2, 0) is 7.05 Å². The van der Waals surface area contributed by atoms with Gasteiger partial charge < -0.3 is 0 Å². The number of hydrogen-bond donors (Lipinski definition) is 0. The second kappa shape index (κ2) is 3.75. The van der Waals surface area contributed by atoms with E-state index in [1.54, 1.807) is 10.9 Å². The van der Waals surface area contributed by atoms with E-state index in [1.165, 1.54) is 0 Å². The molecule has 0 amide bonds. The van der Waals surface area contributed by atoms with E-state index in [4.69, 9.17) is 11.6 Å². The van der Waals surface area contributed by atoms with Gasteiger partial charge in [0, 0.05) is 33.9 Å². The highest BCUT2D eigenvalue weighted by Gasteiger charge is 2.05. The van der Waals surface area contributed by atoms with Crippen LogP contribution in [-0.4, -0.2) is 9.78 Å².